The Labute approximate surface area is 175 Å². The molecule has 1 aliphatic heterocycles. The van der Waals surface area contributed by atoms with Gasteiger partial charge in [0.05, 0.1) is 0 Å². The monoisotopic (exact) mass is 503 g/mol. The van der Waals surface area contributed by atoms with Crippen LogP contribution in [0, 0.1) is 21.0 Å². The van der Waals surface area contributed by atoms with Crippen molar-refractivity contribution in [1.29, 1.82) is 0 Å². The van der Waals surface area contributed by atoms with Crippen molar-refractivity contribution in [1.82, 2.24) is 4.90 Å². The molecule has 0 radical (unpaired) electrons. The van der Waals surface area contributed by atoms with Crippen LogP contribution in [0.3, 0.4) is 0 Å². The van der Waals surface area contributed by atoms with Gasteiger partial charge >= 0.3 is 0 Å². The topological polar surface area (TPSA) is 40.5 Å². The van der Waals surface area contributed by atoms with E-state index in [4.69, 9.17) is 5.11 Å². The second-order valence-electron chi connectivity index (χ2n) is 6.96. The second-order valence-corrected chi connectivity index (χ2v) is 8.21. The molecule has 0 spiro atoms. The van der Waals surface area contributed by atoms with Crippen molar-refractivity contribution in [2.24, 2.45) is 0 Å². The number of nitrogens with zero attached hydrogens (tertiary/aromatic N) is 1. The molecule has 1 fully saturated rings. The van der Waals surface area contributed by atoms with Crippen LogP contribution in [-0.2, 0) is 6.42 Å². The highest BCUT2D eigenvalue weighted by molar-refractivity contribution is 14.1. The van der Waals surface area contributed by atoms with Crippen LogP contribution in [0.15, 0.2) is 30.3 Å². The summed E-state index contributed by atoms with van der Waals surface area (Å²) in [6.45, 7) is 0.661. The summed E-state index contributed by atoms with van der Waals surface area (Å²) in [6, 6.07) is 6.79. The highest BCUT2D eigenvalue weighted by atomic mass is 127. The fraction of sp³-hybridized carbons (Fsp3) is 0.381. The zero-order chi connectivity index (χ0) is 20.3. The van der Waals surface area contributed by atoms with Gasteiger partial charge < -0.3 is 10.0 Å². The maximum atomic E-state index is 14.6. The molecule has 0 aromatic heterocycles. The van der Waals surface area contributed by atoms with Gasteiger partial charge in [-0.15, -0.1) is 0 Å². The van der Waals surface area contributed by atoms with Gasteiger partial charge in [-0.3, -0.25) is 4.79 Å². The van der Waals surface area contributed by atoms with E-state index in [0.29, 0.717) is 16.5 Å². The third-order valence-electron chi connectivity index (χ3n) is 5.16. The van der Waals surface area contributed by atoms with Gasteiger partial charge in [0.15, 0.2) is 11.6 Å². The molecule has 1 aliphatic rings. The summed E-state index contributed by atoms with van der Waals surface area (Å²) >= 11 is 1.97. The zero-order valence-electron chi connectivity index (χ0n) is 15.2. The van der Waals surface area contributed by atoms with Crippen molar-refractivity contribution in [2.75, 3.05) is 13.2 Å². The van der Waals surface area contributed by atoms with Crippen LogP contribution < -0.4 is 0 Å². The summed E-state index contributed by atoms with van der Waals surface area (Å²) < 4.78 is 43.3. The Morgan fingerprint density at radius 1 is 1.14 bits per heavy atom. The van der Waals surface area contributed by atoms with Gasteiger partial charge in [0.2, 0.25) is 0 Å². The van der Waals surface area contributed by atoms with Gasteiger partial charge in [-0.05, 0) is 78.1 Å². The predicted octanol–water partition coefficient (Wildman–Crippen LogP) is 4.68. The molecule has 1 N–H and O–H groups in total. The molecular formula is C21H21F3INO2. The summed E-state index contributed by atoms with van der Waals surface area (Å²) in [7, 11) is 0. The first-order valence-electron chi connectivity index (χ1n) is 9.25. The number of aliphatic hydroxyl groups is 1. The van der Waals surface area contributed by atoms with Crippen molar-refractivity contribution in [3.8, 4) is 0 Å². The van der Waals surface area contributed by atoms with E-state index in [1.807, 2.05) is 22.6 Å². The third kappa shape index (κ3) is 4.51. The van der Waals surface area contributed by atoms with Crippen LogP contribution in [-0.4, -0.2) is 35.1 Å². The number of amides is 1. The van der Waals surface area contributed by atoms with E-state index >= 15 is 0 Å². The molecule has 3 rings (SSSR count). The summed E-state index contributed by atoms with van der Waals surface area (Å²) in [5.41, 5.74) is 0.164. The Hall–Kier alpha value is -1.61. The van der Waals surface area contributed by atoms with Gasteiger partial charge in [0.1, 0.15) is 5.82 Å². The molecule has 1 saturated heterocycles. The molecule has 28 heavy (non-hydrogen) atoms. The van der Waals surface area contributed by atoms with Gasteiger partial charge in [-0.1, -0.05) is 6.07 Å². The summed E-state index contributed by atoms with van der Waals surface area (Å²) in [6.07, 6.45) is 2.87. The number of carbonyl (C=O) groups excluding carboxylic acids is 1. The molecule has 1 atom stereocenters. The van der Waals surface area contributed by atoms with Crippen molar-refractivity contribution in [3.05, 3.63) is 68.0 Å². The zero-order valence-corrected chi connectivity index (χ0v) is 17.4. The van der Waals surface area contributed by atoms with Crippen molar-refractivity contribution < 1.29 is 23.1 Å². The first-order chi connectivity index (χ1) is 13.4. The van der Waals surface area contributed by atoms with Crippen molar-refractivity contribution >= 4 is 28.5 Å². The molecular weight excluding hydrogens is 482 g/mol. The summed E-state index contributed by atoms with van der Waals surface area (Å²) in [4.78, 5) is 14.6. The normalized spacial score (nSPS) is 16.2. The maximum Gasteiger partial charge on any atom is 0.254 e. The van der Waals surface area contributed by atoms with Crippen LogP contribution in [0.4, 0.5) is 13.2 Å². The average molecular weight is 503 g/mol. The quantitative estimate of drug-likeness (QED) is 0.441. The smallest absolute Gasteiger partial charge is 0.254 e. The molecule has 0 aliphatic carbocycles. The summed E-state index contributed by atoms with van der Waals surface area (Å²) in [5.74, 6) is -3.04. The Balaban J connectivity index is 1.87. The van der Waals surface area contributed by atoms with Gasteiger partial charge in [0, 0.05) is 40.3 Å². The van der Waals surface area contributed by atoms with Crippen LogP contribution in [0.1, 0.15) is 47.2 Å². The molecule has 0 bridgehead atoms. The lowest BCUT2D eigenvalue weighted by Gasteiger charge is -2.41. The van der Waals surface area contributed by atoms with Gasteiger partial charge in [-0.25, -0.2) is 13.2 Å². The van der Waals surface area contributed by atoms with E-state index in [0.717, 1.165) is 25.3 Å². The van der Waals surface area contributed by atoms with Crippen LogP contribution in [0.2, 0.25) is 0 Å². The molecule has 7 heteroatoms. The number of hydrogen-bond donors (Lipinski definition) is 1. The SMILES string of the molecule is O=C(c1ccc(F)c(F)c1Cc1ccc(I)cc1F)N1CCC1CCCCO. The Bertz CT molecular complexity index is 875. The van der Waals surface area contributed by atoms with Crippen molar-refractivity contribution in [3.63, 3.8) is 0 Å². The highest BCUT2D eigenvalue weighted by Gasteiger charge is 2.34. The molecule has 1 amide bonds. The number of hydrogen-bond acceptors (Lipinski definition) is 2. The molecule has 3 nitrogen and oxygen atoms in total. The number of rotatable bonds is 7. The fourth-order valence-electron chi connectivity index (χ4n) is 3.48. The Morgan fingerprint density at radius 2 is 1.93 bits per heavy atom. The Morgan fingerprint density at radius 3 is 2.57 bits per heavy atom. The minimum atomic E-state index is -1.11. The van der Waals surface area contributed by atoms with E-state index in [2.05, 4.69) is 0 Å². The number of likely N-dealkylation sites (tertiary alicyclic amines) is 1. The van der Waals surface area contributed by atoms with Crippen LogP contribution >= 0.6 is 22.6 Å². The van der Waals surface area contributed by atoms with E-state index in [-0.39, 0.29) is 41.7 Å². The number of halogens is 4. The minimum Gasteiger partial charge on any atom is -0.396 e. The van der Waals surface area contributed by atoms with Gasteiger partial charge in [0.25, 0.3) is 5.91 Å². The van der Waals surface area contributed by atoms with Crippen molar-refractivity contribution in [2.45, 2.75) is 38.1 Å². The van der Waals surface area contributed by atoms with E-state index < -0.39 is 17.5 Å². The van der Waals surface area contributed by atoms with E-state index in [1.165, 1.54) is 18.2 Å². The molecule has 0 saturated carbocycles. The Kier molecular flexibility index (Phi) is 6.98. The first-order valence-corrected chi connectivity index (χ1v) is 10.3. The lowest BCUT2D eigenvalue weighted by molar-refractivity contribution is 0.0434. The predicted molar refractivity (Wildman–Crippen MR) is 109 cm³/mol. The number of carbonyl (C=O) groups is 1. The van der Waals surface area contributed by atoms with Gasteiger partial charge in [-0.2, -0.15) is 0 Å². The standard InChI is InChI=1S/C21H21F3INO2/c22-18-7-6-16(21(28)26-9-8-15(26)3-1-2-10-27)17(20(18)24)11-13-4-5-14(25)12-19(13)23/h4-7,12,15,27H,1-3,8-11H2. The molecule has 1 unspecified atom stereocenters. The summed E-state index contributed by atoms with van der Waals surface area (Å²) in [5, 5.41) is 8.91. The molecule has 2 aromatic carbocycles. The highest BCUT2D eigenvalue weighted by Crippen LogP contribution is 2.29. The first kappa shape index (κ1) is 21.1. The fourth-order valence-corrected chi connectivity index (χ4v) is 3.93. The van der Waals surface area contributed by atoms with E-state index in [9.17, 15) is 18.0 Å². The molecule has 2 aromatic rings. The number of aliphatic hydroxyl groups excluding tert-OH is 1. The van der Waals surface area contributed by atoms with Crippen LogP contribution in [0.25, 0.3) is 0 Å². The largest absolute Gasteiger partial charge is 0.396 e. The maximum absolute atomic E-state index is 14.6. The second kappa shape index (κ2) is 9.26. The molecule has 1 heterocycles. The number of unbranched alkanes of at least 4 members (excludes halogenated alkanes) is 1. The average Bonchev–Trinajstić information content (AvgIpc) is 2.63. The van der Waals surface area contributed by atoms with E-state index in [1.54, 1.807) is 11.0 Å². The van der Waals surface area contributed by atoms with Crippen LogP contribution in [0.5, 0.6) is 0 Å². The minimum absolute atomic E-state index is 0.0371. The third-order valence-corrected chi connectivity index (χ3v) is 5.83. The lowest BCUT2D eigenvalue weighted by Crippen LogP contribution is -2.51. The number of benzene rings is 2. The molecule has 150 valence electrons. The lowest BCUT2D eigenvalue weighted by atomic mass is 9.93.